The number of halogens is 3. The highest BCUT2D eigenvalue weighted by Gasteiger charge is 2.21. The number of nitrogens with one attached hydrogen (secondary N) is 2. The summed E-state index contributed by atoms with van der Waals surface area (Å²) in [6.07, 6.45) is 0. The zero-order valence-electron chi connectivity index (χ0n) is 18.4. The molecule has 1 heterocycles. The summed E-state index contributed by atoms with van der Waals surface area (Å²) in [4.78, 5) is 16.8. The fraction of sp³-hybridized carbons (Fsp3) is 0.130. The predicted molar refractivity (Wildman–Crippen MR) is 141 cm³/mol. The number of fused-ring (bicyclic) bond motifs is 1. The summed E-state index contributed by atoms with van der Waals surface area (Å²) in [5.74, 6) is -0.176. The van der Waals surface area contributed by atoms with Crippen molar-refractivity contribution in [3.05, 3.63) is 74.7 Å². The Kier molecular flexibility index (Phi) is 7.44. The van der Waals surface area contributed by atoms with Crippen molar-refractivity contribution in [2.45, 2.75) is 18.7 Å². The number of nitrogens with zero attached hydrogens (tertiary/aromatic N) is 1. The molecule has 0 aliphatic carbocycles. The van der Waals surface area contributed by atoms with Gasteiger partial charge in [-0.2, -0.15) is 0 Å². The van der Waals surface area contributed by atoms with E-state index in [1.54, 1.807) is 26.0 Å². The van der Waals surface area contributed by atoms with Crippen molar-refractivity contribution in [3.8, 4) is 10.9 Å². The minimum Gasteiger partial charge on any atom is -0.431 e. The van der Waals surface area contributed by atoms with Crippen LogP contribution in [0.2, 0.25) is 15.1 Å². The molecule has 12 heteroatoms. The van der Waals surface area contributed by atoms with Gasteiger partial charge in [-0.25, -0.2) is 13.4 Å². The van der Waals surface area contributed by atoms with Gasteiger partial charge < -0.3 is 10.1 Å². The summed E-state index contributed by atoms with van der Waals surface area (Å²) in [6.45, 7) is 3.84. The van der Waals surface area contributed by atoms with Crippen molar-refractivity contribution in [1.29, 1.82) is 0 Å². The third-order valence-corrected chi connectivity index (χ3v) is 8.20. The number of thiazole rings is 1. The van der Waals surface area contributed by atoms with Crippen LogP contribution < -0.4 is 14.8 Å². The van der Waals surface area contributed by atoms with Crippen LogP contribution >= 0.6 is 46.1 Å². The lowest BCUT2D eigenvalue weighted by Crippen LogP contribution is -2.23. The van der Waals surface area contributed by atoms with Gasteiger partial charge in [-0.1, -0.05) is 46.1 Å². The van der Waals surface area contributed by atoms with E-state index in [0.717, 1.165) is 4.70 Å². The zero-order valence-corrected chi connectivity index (χ0v) is 22.3. The van der Waals surface area contributed by atoms with Gasteiger partial charge in [0.15, 0.2) is 0 Å². The smallest absolute Gasteiger partial charge is 0.279 e. The van der Waals surface area contributed by atoms with Crippen LogP contribution in [0.3, 0.4) is 0 Å². The zero-order chi connectivity index (χ0) is 25.3. The fourth-order valence-electron chi connectivity index (χ4n) is 3.18. The van der Waals surface area contributed by atoms with E-state index in [-0.39, 0.29) is 26.9 Å². The number of sulfonamides is 1. The maximum atomic E-state index is 13.1. The lowest BCUT2D eigenvalue weighted by molar-refractivity contribution is 0.0955. The molecule has 4 aromatic rings. The number of rotatable bonds is 7. The van der Waals surface area contributed by atoms with Gasteiger partial charge in [-0.15, -0.1) is 0 Å². The number of anilines is 1. The first-order valence-corrected chi connectivity index (χ1v) is 13.6. The highest BCUT2D eigenvalue weighted by atomic mass is 35.5. The Morgan fingerprint density at radius 1 is 1.06 bits per heavy atom. The summed E-state index contributed by atoms with van der Waals surface area (Å²) in [5.41, 5.74) is 1.51. The van der Waals surface area contributed by atoms with Gasteiger partial charge in [0, 0.05) is 28.2 Å². The maximum absolute atomic E-state index is 13.1. The molecule has 0 saturated heterocycles. The summed E-state index contributed by atoms with van der Waals surface area (Å²) in [6, 6.07) is 12.4. The lowest BCUT2D eigenvalue weighted by atomic mass is 10.2. The maximum Gasteiger partial charge on any atom is 0.279 e. The van der Waals surface area contributed by atoms with Crippen LogP contribution in [0.15, 0.2) is 53.4 Å². The Balaban J connectivity index is 1.72. The third kappa shape index (κ3) is 5.82. The van der Waals surface area contributed by atoms with E-state index in [1.807, 2.05) is 6.07 Å². The van der Waals surface area contributed by atoms with Crippen molar-refractivity contribution in [3.63, 3.8) is 0 Å². The van der Waals surface area contributed by atoms with Gasteiger partial charge in [0.25, 0.3) is 21.1 Å². The number of benzene rings is 3. The first-order valence-electron chi connectivity index (χ1n) is 10.2. The fourth-order valence-corrected chi connectivity index (χ4v) is 6.04. The van der Waals surface area contributed by atoms with Crippen molar-refractivity contribution in [2.24, 2.45) is 0 Å². The number of aromatic nitrogens is 1. The van der Waals surface area contributed by atoms with Gasteiger partial charge in [-0.3, -0.25) is 9.52 Å². The molecule has 7 nitrogen and oxygen atoms in total. The molecule has 2 N–H and O–H groups in total. The molecule has 182 valence electrons. The number of aryl methyl sites for hydroxylation is 1. The Morgan fingerprint density at radius 2 is 1.83 bits per heavy atom. The molecular weight excluding hydrogens is 553 g/mol. The van der Waals surface area contributed by atoms with E-state index in [0.29, 0.717) is 32.9 Å². The molecule has 0 aliphatic rings. The quantitative estimate of drug-likeness (QED) is 0.252. The average molecular weight is 571 g/mol. The number of hydrogen-bond donors (Lipinski definition) is 2. The highest BCUT2D eigenvalue weighted by Crippen LogP contribution is 2.35. The van der Waals surface area contributed by atoms with E-state index in [9.17, 15) is 13.2 Å². The number of amides is 1. The van der Waals surface area contributed by atoms with Crippen LogP contribution in [0.1, 0.15) is 22.8 Å². The molecule has 1 aromatic heterocycles. The summed E-state index contributed by atoms with van der Waals surface area (Å²) in [7, 11) is -4.11. The number of hydrogen-bond acceptors (Lipinski definition) is 6. The van der Waals surface area contributed by atoms with Crippen LogP contribution in [0, 0.1) is 6.92 Å². The summed E-state index contributed by atoms with van der Waals surface area (Å²) in [5, 5.41) is 3.86. The second kappa shape index (κ2) is 10.2. The predicted octanol–water partition coefficient (Wildman–Crippen LogP) is 6.91. The highest BCUT2D eigenvalue weighted by molar-refractivity contribution is 7.92. The minimum absolute atomic E-state index is 0.0300. The van der Waals surface area contributed by atoms with E-state index >= 15 is 0 Å². The average Bonchev–Trinajstić information content (AvgIpc) is 3.17. The number of carbonyl (C=O) groups is 1. The molecule has 35 heavy (non-hydrogen) atoms. The van der Waals surface area contributed by atoms with Gasteiger partial charge in [0.2, 0.25) is 0 Å². The van der Waals surface area contributed by atoms with E-state index in [1.165, 1.54) is 41.7 Å². The molecule has 0 radical (unpaired) electrons. The van der Waals surface area contributed by atoms with Crippen molar-refractivity contribution in [1.82, 2.24) is 10.3 Å². The molecule has 3 aromatic carbocycles. The molecule has 0 saturated carbocycles. The normalized spacial score (nSPS) is 11.5. The third-order valence-electron chi connectivity index (χ3n) is 4.80. The second-order valence-electron chi connectivity index (χ2n) is 7.44. The Morgan fingerprint density at radius 3 is 2.57 bits per heavy atom. The summed E-state index contributed by atoms with van der Waals surface area (Å²) < 4.78 is 35.4. The van der Waals surface area contributed by atoms with Crippen molar-refractivity contribution >= 4 is 78.0 Å². The van der Waals surface area contributed by atoms with E-state index in [4.69, 9.17) is 39.5 Å². The van der Waals surface area contributed by atoms with Crippen LogP contribution in [0.25, 0.3) is 10.2 Å². The second-order valence-corrected chi connectivity index (χ2v) is 11.3. The first-order chi connectivity index (χ1) is 16.6. The van der Waals surface area contributed by atoms with Gasteiger partial charge in [0.05, 0.1) is 20.9 Å². The monoisotopic (exact) mass is 569 g/mol. The molecule has 0 spiro atoms. The number of ether oxygens (including phenoxy) is 1. The van der Waals surface area contributed by atoms with Crippen LogP contribution in [-0.2, 0) is 10.0 Å². The van der Waals surface area contributed by atoms with Crippen LogP contribution in [-0.4, -0.2) is 25.9 Å². The van der Waals surface area contributed by atoms with E-state index in [2.05, 4.69) is 15.0 Å². The standard InChI is InChI=1S/C23H18Cl3N3O4S2/c1-3-27-22(30)13-7-15(29-35(31,32)21-6-12(2)17(25)11-18(21)26)10-16(8-13)33-23-28-19-9-14(24)4-5-20(19)34-23/h4-11,29H,3H2,1-2H3,(H,27,30). The first kappa shape index (κ1) is 25.5. The molecule has 0 unspecified atom stereocenters. The Bertz CT molecular complexity index is 1560. The number of carbonyl (C=O) groups excluding carboxylic acids is 1. The molecule has 0 aliphatic heterocycles. The SMILES string of the molecule is CCNC(=O)c1cc(NS(=O)(=O)c2cc(C)c(Cl)cc2Cl)cc(Oc2nc3cc(Cl)ccc3s2)c1. The molecule has 0 atom stereocenters. The molecule has 0 bridgehead atoms. The van der Waals surface area contributed by atoms with Gasteiger partial charge >= 0.3 is 0 Å². The largest absolute Gasteiger partial charge is 0.431 e. The van der Waals surface area contributed by atoms with Gasteiger partial charge in [0.1, 0.15) is 10.6 Å². The molecule has 1 amide bonds. The molecule has 0 fully saturated rings. The lowest BCUT2D eigenvalue weighted by Gasteiger charge is -2.13. The van der Waals surface area contributed by atoms with Crippen LogP contribution in [0.4, 0.5) is 5.69 Å². The molecule has 4 rings (SSSR count). The van der Waals surface area contributed by atoms with Gasteiger partial charge in [-0.05, 0) is 61.9 Å². The van der Waals surface area contributed by atoms with Crippen molar-refractivity contribution < 1.29 is 17.9 Å². The molecular formula is C23H18Cl3N3O4S2. The van der Waals surface area contributed by atoms with E-state index < -0.39 is 15.9 Å². The minimum atomic E-state index is -4.11. The topological polar surface area (TPSA) is 97.4 Å². The summed E-state index contributed by atoms with van der Waals surface area (Å²) >= 11 is 19.5. The Hall–Kier alpha value is -2.56. The van der Waals surface area contributed by atoms with Crippen LogP contribution in [0.5, 0.6) is 10.9 Å². The Labute approximate surface area is 221 Å². The van der Waals surface area contributed by atoms with Crippen molar-refractivity contribution in [2.75, 3.05) is 11.3 Å².